The van der Waals surface area contributed by atoms with Crippen LogP contribution in [0, 0.1) is 28.6 Å². The Hall–Kier alpha value is -3.55. The van der Waals surface area contributed by atoms with Gasteiger partial charge in [-0.3, -0.25) is 0 Å². The van der Waals surface area contributed by atoms with Gasteiger partial charge in [-0.25, -0.2) is 5.01 Å². The fourth-order valence-electron chi connectivity index (χ4n) is 3.15. The molecule has 1 aliphatic rings. The van der Waals surface area contributed by atoms with Crippen molar-refractivity contribution in [2.24, 2.45) is 16.8 Å². The Balaban J connectivity index is 1.96. The van der Waals surface area contributed by atoms with Gasteiger partial charge in [0.25, 0.3) is 0 Å². The van der Waals surface area contributed by atoms with Crippen LogP contribution in [0.15, 0.2) is 57.6 Å². The summed E-state index contributed by atoms with van der Waals surface area (Å²) in [7, 11) is 0. The summed E-state index contributed by atoms with van der Waals surface area (Å²) >= 11 is 0. The maximum Gasteiger partial charge on any atom is 0.196 e. The molecule has 0 unspecified atom stereocenters. The summed E-state index contributed by atoms with van der Waals surface area (Å²) in [4.78, 5) is 2.07. The van der Waals surface area contributed by atoms with E-state index < -0.39 is 12.1 Å². The molecule has 3 rings (SSSR count). The van der Waals surface area contributed by atoms with Gasteiger partial charge in [0.1, 0.15) is 23.9 Å². The Bertz CT molecular complexity index is 959. The molecule has 0 fully saturated rings. The fraction of sp³-hybridized carbons (Fsp3) is 0.286. The Labute approximate surface area is 164 Å². The lowest BCUT2D eigenvalue weighted by atomic mass is 9.96. The number of benzene rings is 1. The first-order valence-corrected chi connectivity index (χ1v) is 9.17. The monoisotopic (exact) mass is 374 g/mol. The van der Waals surface area contributed by atoms with Gasteiger partial charge in [-0.1, -0.05) is 18.2 Å². The third kappa shape index (κ3) is 3.62. The van der Waals surface area contributed by atoms with Gasteiger partial charge in [0.05, 0.1) is 23.0 Å². The molecule has 7 heteroatoms. The molecule has 1 aromatic heterocycles. The predicted octanol–water partition coefficient (Wildman–Crippen LogP) is 3.33. The van der Waals surface area contributed by atoms with E-state index in [0.29, 0.717) is 11.5 Å². The van der Waals surface area contributed by atoms with Crippen LogP contribution in [0.5, 0.6) is 0 Å². The normalized spacial score (nSPS) is 19.1. The Morgan fingerprint density at radius 3 is 2.54 bits per heavy atom. The summed E-state index contributed by atoms with van der Waals surface area (Å²) in [6, 6.07) is 17.3. The zero-order chi connectivity index (χ0) is 20.1. The van der Waals surface area contributed by atoms with Crippen molar-refractivity contribution in [2.45, 2.75) is 20.0 Å². The van der Waals surface area contributed by atoms with E-state index in [-0.39, 0.29) is 5.57 Å². The lowest BCUT2D eigenvalue weighted by Crippen LogP contribution is -2.40. The first kappa shape index (κ1) is 19.2. The smallest absolute Gasteiger partial charge is 0.196 e. The van der Waals surface area contributed by atoms with E-state index >= 15 is 0 Å². The van der Waals surface area contributed by atoms with E-state index in [1.807, 2.05) is 50.2 Å². The molecule has 0 saturated heterocycles. The molecule has 2 aromatic rings. The minimum atomic E-state index is -0.719. The van der Waals surface area contributed by atoms with Gasteiger partial charge in [0, 0.05) is 25.2 Å². The molecule has 2 heterocycles. The highest BCUT2D eigenvalue weighted by Gasteiger charge is 2.37. The average molecular weight is 374 g/mol. The van der Waals surface area contributed by atoms with Crippen molar-refractivity contribution in [3.63, 3.8) is 0 Å². The summed E-state index contributed by atoms with van der Waals surface area (Å²) in [6.45, 7) is 5.74. The van der Waals surface area contributed by atoms with Crippen molar-refractivity contribution in [1.82, 2.24) is 0 Å². The molecule has 1 aliphatic heterocycles. The number of para-hydroxylation sites is 1. The van der Waals surface area contributed by atoms with E-state index in [4.69, 9.17) is 10.2 Å². The third-order valence-corrected chi connectivity index (χ3v) is 4.66. The lowest BCUT2D eigenvalue weighted by Gasteiger charge is -2.21. The third-order valence-electron chi connectivity index (χ3n) is 4.66. The highest BCUT2D eigenvalue weighted by molar-refractivity contribution is 6.11. The van der Waals surface area contributed by atoms with Crippen LogP contribution in [-0.4, -0.2) is 25.0 Å². The van der Waals surface area contributed by atoms with Gasteiger partial charge in [0.15, 0.2) is 5.88 Å². The second kappa shape index (κ2) is 8.43. The zero-order valence-corrected chi connectivity index (χ0v) is 15.9. The van der Waals surface area contributed by atoms with Crippen molar-refractivity contribution in [3.05, 3.63) is 53.8 Å². The van der Waals surface area contributed by atoms with Crippen LogP contribution in [-0.2, 0) is 0 Å². The first-order valence-electron chi connectivity index (χ1n) is 9.17. The number of furan rings is 1. The number of hydrazone groups is 1. The predicted molar refractivity (Wildman–Crippen MR) is 109 cm³/mol. The van der Waals surface area contributed by atoms with E-state index in [0.717, 1.165) is 24.7 Å². The van der Waals surface area contributed by atoms with Crippen LogP contribution >= 0.6 is 0 Å². The molecule has 0 radical (unpaired) electrons. The molecular formula is C21H22N6O. The van der Waals surface area contributed by atoms with Gasteiger partial charge in [-0.2, -0.15) is 15.6 Å². The molecule has 142 valence electrons. The summed E-state index contributed by atoms with van der Waals surface area (Å²) in [5, 5.41) is 25.4. The second-order valence-electron chi connectivity index (χ2n) is 6.28. The molecule has 0 amide bonds. The quantitative estimate of drug-likeness (QED) is 0.778. The number of nitrogens with zero attached hydrogens (tertiary/aromatic N) is 5. The van der Waals surface area contributed by atoms with Crippen molar-refractivity contribution in [1.29, 1.82) is 10.5 Å². The number of anilines is 2. The first-order chi connectivity index (χ1) is 13.6. The number of hydrogen-bond donors (Lipinski definition) is 1. The molecule has 28 heavy (non-hydrogen) atoms. The summed E-state index contributed by atoms with van der Waals surface area (Å²) in [5.41, 5.74) is 7.63. The number of hydrogen-bond acceptors (Lipinski definition) is 7. The standard InChI is InChI=1S/C21H22N6O/c1-3-26(4-2)19-11-10-17(28-19)12-15(13-22)20-18(14-23)21(24)27(25-20)16-8-6-5-7-9-16/h5-12,18,21H,3-4,24H2,1-2H3/b15-12-/t18-,21-/m1/s1. The SMILES string of the molecule is CCN(CC)c1ccc(/C=C(/C#N)C2=NN(c3ccccc3)[C@@H](N)[C@@H]2C#N)o1. The zero-order valence-electron chi connectivity index (χ0n) is 15.9. The molecule has 0 bridgehead atoms. The molecular weight excluding hydrogens is 352 g/mol. The highest BCUT2D eigenvalue weighted by atomic mass is 16.4. The van der Waals surface area contributed by atoms with Crippen molar-refractivity contribution in [2.75, 3.05) is 23.0 Å². The van der Waals surface area contributed by atoms with E-state index in [1.54, 1.807) is 17.2 Å². The minimum Gasteiger partial charge on any atom is -0.441 e. The molecule has 0 aliphatic carbocycles. The largest absolute Gasteiger partial charge is 0.441 e. The minimum absolute atomic E-state index is 0.265. The molecule has 7 nitrogen and oxygen atoms in total. The number of nitriles is 2. The molecule has 0 spiro atoms. The number of nitrogens with two attached hydrogens (primary N) is 1. The van der Waals surface area contributed by atoms with Gasteiger partial charge < -0.3 is 15.1 Å². The Morgan fingerprint density at radius 2 is 1.93 bits per heavy atom. The lowest BCUT2D eigenvalue weighted by molar-refractivity contribution is 0.541. The van der Waals surface area contributed by atoms with E-state index in [9.17, 15) is 10.5 Å². The average Bonchev–Trinajstić information content (AvgIpc) is 3.32. The van der Waals surface area contributed by atoms with E-state index in [1.165, 1.54) is 0 Å². The van der Waals surface area contributed by atoms with Crippen LogP contribution < -0.4 is 15.6 Å². The van der Waals surface area contributed by atoms with Gasteiger partial charge in [0.2, 0.25) is 0 Å². The van der Waals surface area contributed by atoms with Crippen molar-refractivity contribution < 1.29 is 4.42 Å². The van der Waals surface area contributed by atoms with Crippen LogP contribution in [0.3, 0.4) is 0 Å². The molecule has 1 aromatic carbocycles. The Morgan fingerprint density at radius 1 is 1.21 bits per heavy atom. The topological polar surface area (TPSA) is 106 Å². The molecule has 2 N–H and O–H groups in total. The molecule has 2 atom stereocenters. The second-order valence-corrected chi connectivity index (χ2v) is 6.28. The van der Waals surface area contributed by atoms with Crippen LogP contribution in [0.4, 0.5) is 11.6 Å². The number of allylic oxidation sites excluding steroid dienone is 1. The van der Waals surface area contributed by atoms with E-state index in [2.05, 4.69) is 22.1 Å². The summed E-state index contributed by atoms with van der Waals surface area (Å²) in [6.07, 6.45) is 0.944. The summed E-state index contributed by atoms with van der Waals surface area (Å²) in [5.74, 6) is 0.550. The van der Waals surface area contributed by atoms with Crippen molar-refractivity contribution >= 4 is 23.4 Å². The van der Waals surface area contributed by atoms with Crippen LogP contribution in [0.25, 0.3) is 6.08 Å². The highest BCUT2D eigenvalue weighted by Crippen LogP contribution is 2.29. The number of rotatable bonds is 6. The summed E-state index contributed by atoms with van der Waals surface area (Å²) < 4.78 is 5.84. The maximum absolute atomic E-state index is 9.69. The maximum atomic E-state index is 9.69. The van der Waals surface area contributed by atoms with Crippen LogP contribution in [0.2, 0.25) is 0 Å². The van der Waals surface area contributed by atoms with Gasteiger partial charge in [-0.15, -0.1) is 0 Å². The Kier molecular flexibility index (Phi) is 5.78. The van der Waals surface area contributed by atoms with Crippen molar-refractivity contribution in [3.8, 4) is 12.1 Å². The van der Waals surface area contributed by atoms with Gasteiger partial charge in [-0.05, 0) is 32.0 Å². The molecule has 0 saturated carbocycles. The fourth-order valence-corrected chi connectivity index (χ4v) is 3.15. The van der Waals surface area contributed by atoms with Gasteiger partial charge >= 0.3 is 0 Å². The van der Waals surface area contributed by atoms with Crippen LogP contribution in [0.1, 0.15) is 19.6 Å².